The fraction of sp³-hybridized carbons (Fsp3) is 0.625. The topological polar surface area (TPSA) is 90.6 Å². The molecule has 2 aliphatic rings. The van der Waals surface area contributed by atoms with Gasteiger partial charge in [-0.3, -0.25) is 9.59 Å². The van der Waals surface area contributed by atoms with Gasteiger partial charge in [-0.15, -0.1) is 0 Å². The summed E-state index contributed by atoms with van der Waals surface area (Å²) in [7, 11) is -3.11. The average Bonchev–Trinajstić information content (AvgIpc) is 3.04. The van der Waals surface area contributed by atoms with Crippen molar-refractivity contribution in [3.63, 3.8) is 0 Å². The molecule has 2 saturated heterocycles. The number of nitrogens with zero attached hydrogens (tertiary/aromatic N) is 2. The van der Waals surface area contributed by atoms with Gasteiger partial charge in [-0.2, -0.15) is 0 Å². The van der Waals surface area contributed by atoms with Crippen LogP contribution in [0.2, 0.25) is 0 Å². The van der Waals surface area contributed by atoms with Crippen molar-refractivity contribution < 1.29 is 13.2 Å². The van der Waals surface area contributed by atoms with Gasteiger partial charge >= 0.3 is 0 Å². The van der Waals surface area contributed by atoms with Crippen molar-refractivity contribution in [1.29, 1.82) is 0 Å². The van der Waals surface area contributed by atoms with Crippen LogP contribution in [0.5, 0.6) is 0 Å². The van der Waals surface area contributed by atoms with Crippen LogP contribution in [0.3, 0.4) is 0 Å². The number of hydrogen-bond acceptors (Lipinski definition) is 4. The molecule has 0 bridgehead atoms. The number of hydrogen-bond donors (Lipinski definition) is 1. The molecule has 0 spiro atoms. The van der Waals surface area contributed by atoms with Crippen LogP contribution in [0, 0.1) is 11.8 Å². The first-order chi connectivity index (χ1) is 11.4. The fourth-order valence-electron chi connectivity index (χ4n) is 3.80. The van der Waals surface area contributed by atoms with Crippen LogP contribution in [0.15, 0.2) is 23.1 Å². The number of sulfonamides is 1. The van der Waals surface area contributed by atoms with E-state index in [-0.39, 0.29) is 17.0 Å². The summed E-state index contributed by atoms with van der Waals surface area (Å²) in [5.74, 6) is 0.612. The first kappa shape index (κ1) is 17.2. The molecule has 2 aliphatic heterocycles. The second kappa shape index (κ2) is 6.68. The molecule has 3 rings (SSSR count). The van der Waals surface area contributed by atoms with E-state index in [2.05, 4.69) is 4.98 Å². The number of likely N-dealkylation sites (tertiary alicyclic amines) is 1. The second-order valence-electron chi connectivity index (χ2n) is 6.71. The normalized spacial score (nSPS) is 23.5. The molecule has 0 aromatic carbocycles. The number of piperidine rings is 1. The summed E-state index contributed by atoms with van der Waals surface area (Å²) in [6.07, 6.45) is 5.36. The van der Waals surface area contributed by atoms with Crippen molar-refractivity contribution in [2.75, 3.05) is 32.4 Å². The molecule has 1 N–H and O–H groups in total. The highest BCUT2D eigenvalue weighted by atomic mass is 32.2. The summed E-state index contributed by atoms with van der Waals surface area (Å²) in [4.78, 5) is 28.5. The lowest BCUT2D eigenvalue weighted by molar-refractivity contribution is 0.0777. The molecule has 1 aromatic heterocycles. The van der Waals surface area contributed by atoms with Gasteiger partial charge in [0.05, 0.1) is 6.26 Å². The van der Waals surface area contributed by atoms with Crippen molar-refractivity contribution in [2.24, 2.45) is 11.8 Å². The third-order valence-corrected chi connectivity index (χ3v) is 6.50. The van der Waals surface area contributed by atoms with Crippen LogP contribution in [0.25, 0.3) is 0 Å². The van der Waals surface area contributed by atoms with Crippen molar-refractivity contribution in [3.05, 3.63) is 34.2 Å². The van der Waals surface area contributed by atoms with Crippen LogP contribution in [-0.4, -0.2) is 60.9 Å². The van der Waals surface area contributed by atoms with Crippen LogP contribution in [0.1, 0.15) is 29.6 Å². The predicted molar refractivity (Wildman–Crippen MR) is 90.2 cm³/mol. The van der Waals surface area contributed by atoms with Crippen LogP contribution in [0.4, 0.5) is 0 Å². The van der Waals surface area contributed by atoms with Crippen molar-refractivity contribution in [1.82, 2.24) is 14.2 Å². The molecule has 1 aromatic rings. The first-order valence-electron chi connectivity index (χ1n) is 8.28. The Morgan fingerprint density at radius 1 is 1.17 bits per heavy atom. The van der Waals surface area contributed by atoms with E-state index in [0.29, 0.717) is 38.0 Å². The molecule has 3 heterocycles. The summed E-state index contributed by atoms with van der Waals surface area (Å²) in [5, 5.41) is 0. The van der Waals surface area contributed by atoms with E-state index in [1.807, 2.05) is 0 Å². The number of H-pyrrole nitrogens is 1. The van der Waals surface area contributed by atoms with Crippen LogP contribution in [-0.2, 0) is 10.0 Å². The fourth-order valence-corrected chi connectivity index (χ4v) is 4.67. The molecule has 0 aliphatic carbocycles. The average molecular weight is 353 g/mol. The van der Waals surface area contributed by atoms with Crippen LogP contribution >= 0.6 is 0 Å². The predicted octanol–water partition coefficient (Wildman–Crippen LogP) is 0.509. The number of aromatic amines is 1. The lowest BCUT2D eigenvalue weighted by Crippen LogP contribution is -2.40. The number of amides is 1. The van der Waals surface area contributed by atoms with Gasteiger partial charge < -0.3 is 9.88 Å². The van der Waals surface area contributed by atoms with Crippen LogP contribution < -0.4 is 5.56 Å². The Labute approximate surface area is 141 Å². The lowest BCUT2D eigenvalue weighted by atomic mass is 9.84. The lowest BCUT2D eigenvalue weighted by Gasteiger charge is -2.33. The Morgan fingerprint density at radius 3 is 2.46 bits per heavy atom. The second-order valence-corrected chi connectivity index (χ2v) is 8.69. The third-order valence-electron chi connectivity index (χ3n) is 5.19. The Morgan fingerprint density at radius 2 is 1.83 bits per heavy atom. The third kappa shape index (κ3) is 3.54. The van der Waals surface area contributed by atoms with Crippen molar-refractivity contribution >= 4 is 15.9 Å². The Bertz CT molecular complexity index is 766. The molecule has 1 amide bonds. The Kier molecular flexibility index (Phi) is 4.78. The van der Waals surface area contributed by atoms with E-state index in [1.54, 1.807) is 17.0 Å². The molecule has 0 saturated carbocycles. The maximum Gasteiger partial charge on any atom is 0.260 e. The molecule has 8 heteroatoms. The molecule has 24 heavy (non-hydrogen) atoms. The van der Waals surface area contributed by atoms with Crippen molar-refractivity contribution in [3.8, 4) is 0 Å². The Hall–Kier alpha value is -1.67. The molecule has 2 fully saturated rings. The summed E-state index contributed by atoms with van der Waals surface area (Å²) in [6.45, 7) is 2.43. The van der Waals surface area contributed by atoms with E-state index in [1.165, 1.54) is 16.8 Å². The van der Waals surface area contributed by atoms with Gasteiger partial charge in [0.1, 0.15) is 5.56 Å². The van der Waals surface area contributed by atoms with E-state index in [0.717, 1.165) is 19.3 Å². The molecule has 132 valence electrons. The highest BCUT2D eigenvalue weighted by Gasteiger charge is 2.35. The zero-order chi connectivity index (χ0) is 17.3. The molecule has 0 radical (unpaired) electrons. The first-order valence-corrected chi connectivity index (χ1v) is 10.1. The highest BCUT2D eigenvalue weighted by Crippen LogP contribution is 2.32. The number of carbonyl (C=O) groups excluding carboxylic acids is 1. The van der Waals surface area contributed by atoms with Gasteiger partial charge in [0.15, 0.2) is 0 Å². The van der Waals surface area contributed by atoms with E-state index < -0.39 is 10.0 Å². The van der Waals surface area contributed by atoms with E-state index >= 15 is 0 Å². The molecule has 1 unspecified atom stereocenters. The van der Waals surface area contributed by atoms with Gasteiger partial charge in [0.2, 0.25) is 10.0 Å². The van der Waals surface area contributed by atoms with Gasteiger partial charge in [-0.05, 0) is 43.2 Å². The minimum absolute atomic E-state index is 0.185. The Balaban J connectivity index is 1.59. The summed E-state index contributed by atoms with van der Waals surface area (Å²) in [5.41, 5.74) is -0.169. The largest absolute Gasteiger partial charge is 0.338 e. The molecule has 1 atom stereocenters. The standard InChI is InChI=1S/C16H23N3O4S/c1-24(22,23)19-9-5-12(6-10-19)13-4-8-18(11-13)16(21)14-3-2-7-17-15(14)20/h2-3,7,12-13H,4-6,8-11H2,1H3,(H,17,20). The smallest absolute Gasteiger partial charge is 0.260 e. The minimum Gasteiger partial charge on any atom is -0.338 e. The summed E-state index contributed by atoms with van der Waals surface area (Å²) < 4.78 is 24.7. The van der Waals surface area contributed by atoms with Gasteiger partial charge in [0, 0.05) is 32.4 Å². The number of nitrogens with one attached hydrogen (secondary N) is 1. The number of carbonyl (C=O) groups is 1. The summed E-state index contributed by atoms with van der Waals surface area (Å²) >= 11 is 0. The zero-order valence-corrected chi connectivity index (χ0v) is 14.6. The quantitative estimate of drug-likeness (QED) is 0.857. The van der Waals surface area contributed by atoms with E-state index in [4.69, 9.17) is 0 Å². The highest BCUT2D eigenvalue weighted by molar-refractivity contribution is 7.88. The SMILES string of the molecule is CS(=O)(=O)N1CCC(C2CCN(C(=O)c3ccc[nH]c3=O)C2)CC1. The maximum absolute atomic E-state index is 12.5. The van der Waals surface area contributed by atoms with Gasteiger partial charge in [0.25, 0.3) is 11.5 Å². The van der Waals surface area contributed by atoms with E-state index in [9.17, 15) is 18.0 Å². The molecular weight excluding hydrogens is 330 g/mol. The molecule has 7 nitrogen and oxygen atoms in total. The van der Waals surface area contributed by atoms with Gasteiger partial charge in [-0.25, -0.2) is 12.7 Å². The minimum atomic E-state index is -3.11. The zero-order valence-electron chi connectivity index (χ0n) is 13.8. The van der Waals surface area contributed by atoms with Crippen molar-refractivity contribution in [2.45, 2.75) is 19.3 Å². The number of pyridine rings is 1. The monoisotopic (exact) mass is 353 g/mol. The summed E-state index contributed by atoms with van der Waals surface area (Å²) in [6, 6.07) is 3.21. The number of rotatable bonds is 3. The number of aromatic nitrogens is 1. The molecular formula is C16H23N3O4S. The van der Waals surface area contributed by atoms with Gasteiger partial charge in [-0.1, -0.05) is 0 Å². The maximum atomic E-state index is 12.5.